The fraction of sp³-hybridized carbons (Fsp3) is 0.696. The molecule has 0 saturated carbocycles. The molecule has 0 amide bonds. The maximum Gasteiger partial charge on any atom is 1.00 e. The molecule has 0 fully saturated rings. The summed E-state index contributed by atoms with van der Waals surface area (Å²) in [6.45, 7) is 3.01. The fourth-order valence-electron chi connectivity index (χ4n) is 3.14. The van der Waals surface area contributed by atoms with Crippen LogP contribution in [0.1, 0.15) is 109 Å². The van der Waals surface area contributed by atoms with E-state index in [1.807, 2.05) is 18.2 Å². The van der Waals surface area contributed by atoms with E-state index in [4.69, 9.17) is 4.84 Å². The van der Waals surface area contributed by atoms with Crippen LogP contribution >= 0.6 is 0 Å². The molecule has 1 N–H and O–H groups in total. The summed E-state index contributed by atoms with van der Waals surface area (Å²) < 4.78 is 0. The van der Waals surface area contributed by atoms with Crippen LogP contribution in [0.2, 0.25) is 0 Å². The number of nitrogens with one attached hydrogen (secondary N) is 1. The van der Waals surface area contributed by atoms with Gasteiger partial charge >= 0.3 is 35.5 Å². The quantitative estimate of drug-likeness (QED) is 0.251. The van der Waals surface area contributed by atoms with Gasteiger partial charge in [-0.3, -0.25) is 0 Å². The van der Waals surface area contributed by atoms with E-state index in [1.54, 1.807) is 12.1 Å². The Balaban J connectivity index is 0. The van der Waals surface area contributed by atoms with Gasteiger partial charge in [0.15, 0.2) is 0 Å². The van der Waals surface area contributed by atoms with Crippen LogP contribution in [0.25, 0.3) is 0 Å². The van der Waals surface area contributed by atoms with Crippen molar-refractivity contribution in [3.8, 4) is 0 Å². The monoisotopic (exact) mass is 385 g/mol. The van der Waals surface area contributed by atoms with Gasteiger partial charge in [-0.15, -0.1) is 0 Å². The molecule has 0 aromatic heterocycles. The number of carbonyl (C=O) groups excluding carboxylic acids is 1. The number of hydroxylamine groups is 1. The van der Waals surface area contributed by atoms with Crippen molar-refractivity contribution in [2.45, 2.75) is 96.8 Å². The molecule has 1 rings (SSSR count). The van der Waals surface area contributed by atoms with Gasteiger partial charge in [0.2, 0.25) is 0 Å². The zero-order valence-corrected chi connectivity index (χ0v) is 19.8. The molecule has 0 aliphatic carbocycles. The van der Waals surface area contributed by atoms with Crippen LogP contribution < -0.4 is 35.0 Å². The Bertz CT molecular complexity index is 445. The molecule has 0 radical (unpaired) electrons. The van der Waals surface area contributed by atoms with E-state index < -0.39 is 0 Å². The number of unbranched alkanes of at least 4 members (excludes halogenated alkanes) is 13. The first-order chi connectivity index (χ1) is 12.8. The summed E-state index contributed by atoms with van der Waals surface area (Å²) in [6.07, 6.45) is 18.9. The molecule has 0 aliphatic rings. The molecule has 3 nitrogen and oxygen atoms in total. The predicted molar refractivity (Wildman–Crippen MR) is 111 cm³/mol. The molecule has 0 spiro atoms. The summed E-state index contributed by atoms with van der Waals surface area (Å²) in [5.74, 6) is -0.309. The molecule has 4 heteroatoms. The van der Waals surface area contributed by atoms with Crippen molar-refractivity contribution in [2.24, 2.45) is 0 Å². The van der Waals surface area contributed by atoms with Crippen molar-refractivity contribution in [3.05, 3.63) is 35.9 Å². The van der Waals surface area contributed by atoms with Gasteiger partial charge in [-0.05, 0) is 18.6 Å². The van der Waals surface area contributed by atoms with E-state index >= 15 is 0 Å². The Morgan fingerprint density at radius 1 is 0.778 bits per heavy atom. The number of carbonyl (C=O) groups is 1. The van der Waals surface area contributed by atoms with Crippen LogP contribution in [0.3, 0.4) is 0 Å². The van der Waals surface area contributed by atoms with E-state index in [-0.39, 0.29) is 37.0 Å². The average molecular weight is 386 g/mol. The first kappa shape index (κ1) is 26.6. The Morgan fingerprint density at radius 3 is 1.70 bits per heavy atom. The van der Waals surface area contributed by atoms with Crippen LogP contribution in [0.4, 0.5) is 0 Å². The number of hydrogen-bond acceptors (Lipinski definition) is 3. The van der Waals surface area contributed by atoms with Crippen molar-refractivity contribution in [2.75, 3.05) is 6.54 Å². The molecule has 150 valence electrons. The standard InChI is InChI=1S/C23H39NO2.Na.H/c1-2-3-4-5-6-7-8-9-10-11-12-13-14-18-21-24-26-23(25)22-19-16-15-17-20-22;;/h15-17,19-20,24H,2-14,18,21H2,1H3;;/q;+1;-1. The summed E-state index contributed by atoms with van der Waals surface area (Å²) in [7, 11) is 0. The van der Waals surface area contributed by atoms with Gasteiger partial charge in [0.05, 0.1) is 5.56 Å². The average Bonchev–Trinajstić information content (AvgIpc) is 2.68. The zero-order valence-electron chi connectivity index (χ0n) is 18.8. The largest absolute Gasteiger partial charge is 1.00 e. The third-order valence-electron chi connectivity index (χ3n) is 4.81. The van der Waals surface area contributed by atoms with E-state index in [0.717, 1.165) is 13.0 Å². The van der Waals surface area contributed by atoms with Crippen LogP contribution in [0.15, 0.2) is 30.3 Å². The van der Waals surface area contributed by atoms with Gasteiger partial charge in [0.25, 0.3) is 0 Å². The van der Waals surface area contributed by atoms with Gasteiger partial charge in [-0.2, -0.15) is 5.48 Å². The second-order valence-corrected chi connectivity index (χ2v) is 7.25. The molecule has 0 atom stereocenters. The maximum absolute atomic E-state index is 11.7. The Kier molecular flexibility index (Phi) is 20.1. The molecule has 27 heavy (non-hydrogen) atoms. The summed E-state index contributed by atoms with van der Waals surface area (Å²) in [6, 6.07) is 9.08. The van der Waals surface area contributed by atoms with E-state index in [9.17, 15) is 4.79 Å². The minimum absolute atomic E-state index is 0. The first-order valence-corrected chi connectivity index (χ1v) is 10.8. The SMILES string of the molecule is CCCCCCCCCCCCCCCCNOC(=O)c1ccccc1.[H-].[Na+]. The van der Waals surface area contributed by atoms with Crippen molar-refractivity contribution < 1.29 is 40.6 Å². The normalized spacial score (nSPS) is 10.4. The minimum atomic E-state index is -0.309. The van der Waals surface area contributed by atoms with Crippen LogP contribution in [0, 0.1) is 0 Å². The molecule has 0 bridgehead atoms. The molecule has 0 aliphatic heterocycles. The van der Waals surface area contributed by atoms with Gasteiger partial charge < -0.3 is 6.26 Å². The first-order valence-electron chi connectivity index (χ1n) is 10.8. The van der Waals surface area contributed by atoms with Crippen LogP contribution in [0.5, 0.6) is 0 Å². The van der Waals surface area contributed by atoms with Crippen molar-refractivity contribution in [1.29, 1.82) is 0 Å². The smallest absolute Gasteiger partial charge is 1.00 e. The van der Waals surface area contributed by atoms with Gasteiger partial charge in [0.1, 0.15) is 0 Å². The van der Waals surface area contributed by atoms with Crippen LogP contribution in [-0.2, 0) is 4.84 Å². The molecular weight excluding hydrogens is 345 g/mol. The van der Waals surface area contributed by atoms with Crippen LogP contribution in [-0.4, -0.2) is 12.5 Å². The topological polar surface area (TPSA) is 38.3 Å². The maximum atomic E-state index is 11.7. The van der Waals surface area contributed by atoms with E-state index in [0.29, 0.717) is 5.56 Å². The molecule has 0 saturated heterocycles. The summed E-state index contributed by atoms with van der Waals surface area (Å²) in [5.41, 5.74) is 3.36. The second kappa shape index (κ2) is 20.4. The summed E-state index contributed by atoms with van der Waals surface area (Å²) in [4.78, 5) is 16.8. The third-order valence-corrected chi connectivity index (χ3v) is 4.81. The Morgan fingerprint density at radius 2 is 1.22 bits per heavy atom. The third kappa shape index (κ3) is 16.3. The van der Waals surface area contributed by atoms with Crippen molar-refractivity contribution >= 4 is 5.97 Å². The molecule has 0 heterocycles. The summed E-state index contributed by atoms with van der Waals surface area (Å²) >= 11 is 0. The van der Waals surface area contributed by atoms with Gasteiger partial charge in [-0.1, -0.05) is 109 Å². The van der Waals surface area contributed by atoms with Crippen molar-refractivity contribution in [3.63, 3.8) is 0 Å². The number of hydrogen-bond donors (Lipinski definition) is 1. The Hall–Kier alpha value is -0.350. The zero-order chi connectivity index (χ0) is 18.7. The number of rotatable bonds is 17. The summed E-state index contributed by atoms with van der Waals surface area (Å²) in [5, 5.41) is 0. The molecular formula is C23H40NNaO2. The predicted octanol–water partition coefficient (Wildman–Crippen LogP) is 3.95. The molecule has 0 unspecified atom stereocenters. The van der Waals surface area contributed by atoms with Gasteiger partial charge in [-0.25, -0.2) is 4.79 Å². The minimum Gasteiger partial charge on any atom is -1.00 e. The molecule has 1 aromatic carbocycles. The second-order valence-electron chi connectivity index (χ2n) is 7.25. The Labute approximate surface area is 190 Å². The van der Waals surface area contributed by atoms with Gasteiger partial charge in [0, 0.05) is 6.54 Å². The fourth-order valence-corrected chi connectivity index (χ4v) is 3.14. The van der Waals surface area contributed by atoms with Crippen molar-refractivity contribution in [1.82, 2.24) is 5.48 Å². The number of benzene rings is 1. The van der Waals surface area contributed by atoms with E-state index in [2.05, 4.69) is 12.4 Å². The molecule has 1 aromatic rings. The van der Waals surface area contributed by atoms with E-state index in [1.165, 1.54) is 83.5 Å².